The van der Waals surface area contributed by atoms with Gasteiger partial charge in [0.25, 0.3) is 0 Å². The van der Waals surface area contributed by atoms with Gasteiger partial charge in [-0.3, -0.25) is 10.1 Å². The number of halogens is 3. The van der Waals surface area contributed by atoms with E-state index in [4.69, 9.17) is 34.8 Å². The van der Waals surface area contributed by atoms with Gasteiger partial charge in [0.1, 0.15) is 0 Å². The van der Waals surface area contributed by atoms with Crippen LogP contribution in [0, 0.1) is 0 Å². The van der Waals surface area contributed by atoms with Crippen molar-refractivity contribution >= 4 is 79.4 Å². The minimum Gasteiger partial charge on any atom is -0.453 e. The number of rotatable bonds is 7. The molecule has 0 aliphatic carbocycles. The van der Waals surface area contributed by atoms with Gasteiger partial charge in [0.2, 0.25) is 5.91 Å². The van der Waals surface area contributed by atoms with Crippen LogP contribution < -0.4 is 15.4 Å². The maximum atomic E-state index is 11.6. The summed E-state index contributed by atoms with van der Waals surface area (Å²) in [5.41, 5.74) is 5.54. The first kappa shape index (κ1) is 42.1. The molecule has 0 saturated heterocycles. The lowest BCUT2D eigenvalue weighted by atomic mass is 10.0. The second-order valence-electron chi connectivity index (χ2n) is 11.1. The van der Waals surface area contributed by atoms with Crippen molar-refractivity contribution in [3.05, 3.63) is 86.4 Å². The largest absolute Gasteiger partial charge is 0.453 e. The van der Waals surface area contributed by atoms with Gasteiger partial charge in [-0.15, -0.1) is 0 Å². The molecule has 1 unspecified atom stereocenters. The normalized spacial score (nSPS) is 11.6. The van der Waals surface area contributed by atoms with Gasteiger partial charge in [0, 0.05) is 55.0 Å². The van der Waals surface area contributed by atoms with Gasteiger partial charge in [0.05, 0.1) is 7.11 Å². The first-order valence-corrected chi connectivity index (χ1v) is 17.2. The van der Waals surface area contributed by atoms with E-state index in [1.807, 2.05) is 44.2 Å². The third kappa shape index (κ3) is 15.8. The van der Waals surface area contributed by atoms with Crippen LogP contribution in [0.5, 0.6) is 0 Å². The molecule has 0 heterocycles. The lowest BCUT2D eigenvalue weighted by Crippen LogP contribution is -2.12. The van der Waals surface area contributed by atoms with E-state index in [2.05, 4.69) is 53.7 Å². The maximum Gasteiger partial charge on any atom is 0.411 e. The predicted molar refractivity (Wildman–Crippen MR) is 198 cm³/mol. The molecule has 3 N–H and O–H groups in total. The van der Waals surface area contributed by atoms with Crippen LogP contribution in [-0.2, 0) is 19.2 Å². The van der Waals surface area contributed by atoms with E-state index in [1.165, 1.54) is 14.0 Å². The van der Waals surface area contributed by atoms with Crippen molar-refractivity contribution in [2.24, 2.45) is 0 Å². The molecule has 1 atom stereocenters. The summed E-state index contributed by atoms with van der Waals surface area (Å²) in [7, 11) is -0.905. The Morgan fingerprint density at radius 2 is 1.04 bits per heavy atom. The molecular weight excluding hydrogens is 653 g/mol. The molecule has 45 heavy (non-hydrogen) atoms. The standard InChI is InChI=1S/C11H14ClNO2.C11H16ClNOS.C11H14ClNO.CH4/c1-7(2)9-6-8(12)4-5-10(9)13-11(14)15-3;1-8(2)10-7-9(12)5-6-11(10)13-15(3,4)14;1-7(2)10-6-9(12)4-5-11(10)13-8(3)14;/h4-7H,1-3H3,(H,13,14);5-8H,3H2,1-2,4H3,(H,13,14);4-7H,1-3H3,(H,13,14);1H4. The second kappa shape index (κ2) is 19.6. The van der Waals surface area contributed by atoms with E-state index in [0.29, 0.717) is 26.9 Å². The quantitative estimate of drug-likeness (QED) is 0.214. The fourth-order valence-electron chi connectivity index (χ4n) is 3.94. The molecule has 3 aromatic carbocycles. The summed E-state index contributed by atoms with van der Waals surface area (Å²) in [6.45, 7) is 13.8. The summed E-state index contributed by atoms with van der Waals surface area (Å²) in [6, 6.07) is 16.4. The Kier molecular flexibility index (Phi) is 18.3. The van der Waals surface area contributed by atoms with Crippen molar-refractivity contribution in [2.75, 3.05) is 28.7 Å². The lowest BCUT2D eigenvalue weighted by molar-refractivity contribution is -0.114. The third-order valence-electron chi connectivity index (χ3n) is 5.97. The number of methoxy groups -OCH3 is 1. The summed E-state index contributed by atoms with van der Waals surface area (Å²) in [5.74, 6) is 4.47. The van der Waals surface area contributed by atoms with Crippen LogP contribution in [-0.4, -0.2) is 35.4 Å². The van der Waals surface area contributed by atoms with Crippen LogP contribution in [0.15, 0.2) is 54.6 Å². The summed E-state index contributed by atoms with van der Waals surface area (Å²) in [5, 5.41) is 7.48. The Bertz CT molecular complexity index is 1530. The number of ether oxygens (including phenoxy) is 1. The summed E-state index contributed by atoms with van der Waals surface area (Å²) in [4.78, 5) is 22.0. The van der Waals surface area contributed by atoms with Gasteiger partial charge in [0.15, 0.2) is 0 Å². The number of benzene rings is 3. The summed E-state index contributed by atoms with van der Waals surface area (Å²) in [6.07, 6.45) is 1.10. The number of hydrogen-bond acceptors (Lipinski definition) is 4. The van der Waals surface area contributed by atoms with Gasteiger partial charge in [-0.25, -0.2) is 9.00 Å². The van der Waals surface area contributed by atoms with Crippen molar-refractivity contribution < 1.29 is 18.5 Å². The van der Waals surface area contributed by atoms with Crippen molar-refractivity contribution in [3.63, 3.8) is 0 Å². The summed E-state index contributed by atoms with van der Waals surface area (Å²) < 4.78 is 19.0. The van der Waals surface area contributed by atoms with Gasteiger partial charge in [-0.1, -0.05) is 83.8 Å². The molecule has 0 aliphatic rings. The molecule has 0 radical (unpaired) electrons. The Hall–Kier alpha value is -2.91. The molecule has 0 spiro atoms. The van der Waals surface area contributed by atoms with E-state index < -0.39 is 15.8 Å². The zero-order valence-electron chi connectivity index (χ0n) is 26.8. The minimum absolute atomic E-state index is 0. The number of amides is 2. The van der Waals surface area contributed by atoms with E-state index in [9.17, 15) is 13.8 Å². The van der Waals surface area contributed by atoms with Gasteiger partial charge >= 0.3 is 6.09 Å². The maximum absolute atomic E-state index is 11.6. The average molecular weight is 701 g/mol. The van der Waals surface area contributed by atoms with E-state index in [1.54, 1.807) is 30.5 Å². The highest BCUT2D eigenvalue weighted by Crippen LogP contribution is 2.29. The molecule has 3 aromatic rings. The highest BCUT2D eigenvalue weighted by atomic mass is 35.5. The lowest BCUT2D eigenvalue weighted by Gasteiger charge is -2.15. The smallest absolute Gasteiger partial charge is 0.411 e. The Morgan fingerprint density at radius 1 is 0.711 bits per heavy atom. The molecule has 0 saturated carbocycles. The number of hydrogen-bond donors (Lipinski definition) is 3. The molecular formula is C34H48Cl3N3O4S. The topological polar surface area (TPSA) is 96.5 Å². The first-order valence-electron chi connectivity index (χ1n) is 13.9. The zero-order chi connectivity index (χ0) is 33.8. The molecule has 3 rings (SSSR count). The number of nitrogens with one attached hydrogen (secondary N) is 3. The molecule has 0 bridgehead atoms. The van der Waals surface area contributed by atoms with E-state index in [0.717, 1.165) is 33.8 Å². The van der Waals surface area contributed by atoms with Gasteiger partial charge in [-0.05, 0) is 94.9 Å². The monoisotopic (exact) mass is 699 g/mol. The van der Waals surface area contributed by atoms with Crippen molar-refractivity contribution in [1.29, 1.82) is 0 Å². The number of anilines is 3. The number of carbonyl (C=O) groups excluding carboxylic acids is 2. The van der Waals surface area contributed by atoms with Gasteiger partial charge < -0.3 is 14.8 Å². The molecule has 2 amide bonds. The van der Waals surface area contributed by atoms with E-state index in [-0.39, 0.29) is 19.3 Å². The van der Waals surface area contributed by atoms with Crippen molar-refractivity contribution in [1.82, 2.24) is 0 Å². The average Bonchev–Trinajstić information content (AvgIpc) is 2.91. The van der Waals surface area contributed by atoms with Gasteiger partial charge in [-0.2, -0.15) is 0 Å². The highest BCUT2D eigenvalue weighted by molar-refractivity contribution is 8.00. The number of carbonyl (C=O) groups is 2. The SMILES string of the molecule is C.C=S(C)(=O)Nc1ccc(Cl)cc1C(C)C.CC(=O)Nc1ccc(Cl)cc1C(C)C.COC(=O)Nc1ccc(Cl)cc1C(C)C. The summed E-state index contributed by atoms with van der Waals surface area (Å²) >= 11 is 17.7. The predicted octanol–water partition coefficient (Wildman–Crippen LogP) is 10.8. The Labute approximate surface area is 285 Å². The Morgan fingerprint density at radius 3 is 1.36 bits per heavy atom. The highest BCUT2D eigenvalue weighted by Gasteiger charge is 2.11. The fraction of sp³-hybridized carbons (Fsp3) is 0.382. The van der Waals surface area contributed by atoms with E-state index >= 15 is 0 Å². The minimum atomic E-state index is -2.24. The van der Waals surface area contributed by atoms with Crippen molar-refractivity contribution in [3.8, 4) is 0 Å². The Balaban J connectivity index is 0.000000639. The zero-order valence-corrected chi connectivity index (χ0v) is 29.9. The first-order chi connectivity index (χ1) is 20.3. The molecule has 0 fully saturated rings. The van der Waals surface area contributed by atoms with Crippen LogP contribution in [0.2, 0.25) is 15.1 Å². The van der Waals surface area contributed by atoms with Crippen LogP contribution in [0.3, 0.4) is 0 Å². The second-order valence-corrected chi connectivity index (χ2v) is 14.6. The molecule has 250 valence electrons. The van der Waals surface area contributed by atoms with Crippen LogP contribution in [0.1, 0.15) is 90.3 Å². The van der Waals surface area contributed by atoms with Crippen LogP contribution in [0.4, 0.5) is 21.9 Å². The molecule has 11 heteroatoms. The van der Waals surface area contributed by atoms with Crippen molar-refractivity contribution in [2.45, 2.75) is 73.6 Å². The molecule has 7 nitrogen and oxygen atoms in total. The van der Waals surface area contributed by atoms with Crippen LogP contribution in [0.25, 0.3) is 0 Å². The molecule has 0 aromatic heterocycles. The third-order valence-corrected chi connectivity index (χ3v) is 7.32. The van der Waals surface area contributed by atoms with Crippen LogP contribution >= 0.6 is 34.8 Å². The molecule has 0 aliphatic heterocycles. The fourth-order valence-corrected chi connectivity index (χ4v) is 5.13.